The van der Waals surface area contributed by atoms with E-state index in [0.29, 0.717) is 0 Å². The van der Waals surface area contributed by atoms with Crippen LogP contribution in [0.15, 0.2) is 82.2 Å². The second-order valence-electron chi connectivity index (χ2n) is 7.44. The standard InChI is InChI=1S/C24H24BrClN2O4S/c1-16(18-8-10-19(25)11-9-18)27-24(29)21(14-17-6-4-3-5-7-17)28-33(30,31)23-15-20(26)12-13-22(23)32-2/h3-13,15-16,21,28H,14H2,1-2H3,(H,27,29)/t16-,21-/m1/s1. The first-order valence-corrected chi connectivity index (χ1v) is 12.8. The third-order valence-electron chi connectivity index (χ3n) is 5.04. The Bertz CT molecular complexity index is 1200. The van der Waals surface area contributed by atoms with Crippen LogP contribution >= 0.6 is 27.5 Å². The van der Waals surface area contributed by atoms with E-state index in [9.17, 15) is 13.2 Å². The molecule has 0 heterocycles. The topological polar surface area (TPSA) is 84.5 Å². The van der Waals surface area contributed by atoms with Gasteiger partial charge in [-0.05, 0) is 54.8 Å². The summed E-state index contributed by atoms with van der Waals surface area (Å²) in [5.41, 5.74) is 1.71. The van der Waals surface area contributed by atoms with Crippen LogP contribution in [0.2, 0.25) is 5.02 Å². The largest absolute Gasteiger partial charge is 0.495 e. The molecule has 0 saturated carbocycles. The van der Waals surface area contributed by atoms with E-state index in [1.54, 1.807) is 0 Å². The fraction of sp³-hybridized carbons (Fsp3) is 0.208. The van der Waals surface area contributed by atoms with Crippen LogP contribution in [0.25, 0.3) is 0 Å². The fourth-order valence-electron chi connectivity index (χ4n) is 3.30. The summed E-state index contributed by atoms with van der Waals surface area (Å²) in [6.45, 7) is 1.84. The third-order valence-corrected chi connectivity index (χ3v) is 7.30. The highest BCUT2D eigenvalue weighted by atomic mass is 79.9. The van der Waals surface area contributed by atoms with Crippen molar-refractivity contribution < 1.29 is 17.9 Å². The SMILES string of the molecule is COc1ccc(Cl)cc1S(=O)(=O)N[C@H](Cc1ccccc1)C(=O)N[C@H](C)c1ccc(Br)cc1. The number of sulfonamides is 1. The minimum Gasteiger partial charge on any atom is -0.495 e. The summed E-state index contributed by atoms with van der Waals surface area (Å²) in [6, 6.07) is 19.7. The van der Waals surface area contributed by atoms with Crippen molar-refractivity contribution in [2.45, 2.75) is 30.3 Å². The molecule has 6 nitrogen and oxygen atoms in total. The predicted molar refractivity (Wildman–Crippen MR) is 133 cm³/mol. The number of nitrogens with one attached hydrogen (secondary N) is 2. The van der Waals surface area contributed by atoms with E-state index in [4.69, 9.17) is 16.3 Å². The number of halogens is 2. The Morgan fingerprint density at radius 3 is 2.36 bits per heavy atom. The summed E-state index contributed by atoms with van der Waals surface area (Å²) in [5.74, 6) is -0.312. The average Bonchev–Trinajstić information content (AvgIpc) is 2.79. The Morgan fingerprint density at radius 1 is 1.06 bits per heavy atom. The van der Waals surface area contributed by atoms with Gasteiger partial charge in [-0.2, -0.15) is 4.72 Å². The normalized spacial score (nSPS) is 13.2. The maximum Gasteiger partial charge on any atom is 0.245 e. The molecule has 0 unspecified atom stereocenters. The highest BCUT2D eigenvalue weighted by Crippen LogP contribution is 2.27. The molecular weight excluding hydrogens is 528 g/mol. The van der Waals surface area contributed by atoms with Gasteiger partial charge in [0.1, 0.15) is 16.7 Å². The highest BCUT2D eigenvalue weighted by molar-refractivity contribution is 9.10. The zero-order valence-corrected chi connectivity index (χ0v) is 21.2. The number of carbonyl (C=O) groups is 1. The molecule has 3 aromatic rings. The van der Waals surface area contributed by atoms with Crippen LogP contribution in [0.5, 0.6) is 5.75 Å². The second-order valence-corrected chi connectivity index (χ2v) is 10.5. The molecule has 0 aliphatic heterocycles. The van der Waals surface area contributed by atoms with Crippen LogP contribution < -0.4 is 14.8 Å². The molecule has 0 bridgehead atoms. The first kappa shape index (κ1) is 25.2. The molecule has 0 fully saturated rings. The highest BCUT2D eigenvalue weighted by Gasteiger charge is 2.29. The summed E-state index contributed by atoms with van der Waals surface area (Å²) in [6.07, 6.45) is 0.168. The van der Waals surface area contributed by atoms with Gasteiger partial charge in [0.15, 0.2) is 0 Å². The maximum atomic E-state index is 13.2. The number of amides is 1. The number of hydrogen-bond donors (Lipinski definition) is 2. The quantitative estimate of drug-likeness (QED) is 0.397. The van der Waals surface area contributed by atoms with E-state index in [1.165, 1.54) is 25.3 Å². The van der Waals surface area contributed by atoms with Crippen molar-refractivity contribution in [3.05, 3.63) is 93.4 Å². The molecule has 9 heteroatoms. The summed E-state index contributed by atoms with van der Waals surface area (Å²) in [7, 11) is -2.75. The van der Waals surface area contributed by atoms with Crippen LogP contribution in [0.3, 0.4) is 0 Å². The second kappa shape index (κ2) is 11.2. The Labute approximate surface area is 207 Å². The lowest BCUT2D eigenvalue weighted by molar-refractivity contribution is -0.123. The van der Waals surface area contributed by atoms with E-state index >= 15 is 0 Å². The molecule has 1 amide bonds. The molecule has 2 N–H and O–H groups in total. The van der Waals surface area contributed by atoms with Gasteiger partial charge >= 0.3 is 0 Å². The number of benzene rings is 3. The van der Waals surface area contributed by atoms with Crippen molar-refractivity contribution in [1.82, 2.24) is 10.0 Å². The fourth-order valence-corrected chi connectivity index (χ4v) is 5.19. The molecule has 174 valence electrons. The van der Waals surface area contributed by atoms with Gasteiger partial charge in [0.2, 0.25) is 15.9 Å². The van der Waals surface area contributed by atoms with E-state index in [2.05, 4.69) is 26.0 Å². The third kappa shape index (κ3) is 6.80. The lowest BCUT2D eigenvalue weighted by atomic mass is 10.0. The molecule has 0 spiro atoms. The van der Waals surface area contributed by atoms with Gasteiger partial charge in [0.05, 0.1) is 13.2 Å². The Morgan fingerprint density at radius 2 is 1.73 bits per heavy atom. The van der Waals surface area contributed by atoms with Crippen molar-refractivity contribution in [2.24, 2.45) is 0 Å². The number of methoxy groups -OCH3 is 1. The zero-order chi connectivity index (χ0) is 24.0. The van der Waals surface area contributed by atoms with E-state index in [0.717, 1.165) is 15.6 Å². The Balaban J connectivity index is 1.88. The first-order valence-electron chi connectivity index (χ1n) is 10.1. The molecule has 0 aliphatic rings. The lowest BCUT2D eigenvalue weighted by Crippen LogP contribution is -2.48. The van der Waals surface area contributed by atoms with Crippen LogP contribution in [0.1, 0.15) is 24.1 Å². The number of ether oxygens (including phenoxy) is 1. The summed E-state index contributed by atoms with van der Waals surface area (Å²) in [4.78, 5) is 13.1. The van der Waals surface area contributed by atoms with Gasteiger partial charge in [-0.1, -0.05) is 70.0 Å². The van der Waals surface area contributed by atoms with Crippen LogP contribution in [-0.2, 0) is 21.2 Å². The van der Waals surface area contributed by atoms with E-state index < -0.39 is 22.0 Å². The molecule has 0 radical (unpaired) electrons. The Kier molecular flexibility index (Phi) is 8.53. The minimum absolute atomic E-state index is 0.133. The summed E-state index contributed by atoms with van der Waals surface area (Å²) in [5, 5.41) is 3.15. The van der Waals surface area contributed by atoms with Gasteiger partial charge < -0.3 is 10.1 Å². The first-order chi connectivity index (χ1) is 15.7. The molecule has 3 rings (SSSR count). The summed E-state index contributed by atoms with van der Waals surface area (Å²) >= 11 is 9.42. The van der Waals surface area contributed by atoms with Gasteiger partial charge in [-0.15, -0.1) is 0 Å². The molecular formula is C24H24BrClN2O4S. The minimum atomic E-state index is -4.12. The molecule has 33 heavy (non-hydrogen) atoms. The van der Waals surface area contributed by atoms with Crippen molar-refractivity contribution in [2.75, 3.05) is 7.11 Å². The monoisotopic (exact) mass is 550 g/mol. The summed E-state index contributed by atoms with van der Waals surface area (Å²) < 4.78 is 35.1. The molecule has 0 aromatic heterocycles. The number of rotatable bonds is 9. The van der Waals surface area contributed by atoms with E-state index in [-0.39, 0.29) is 28.1 Å². The molecule has 3 aromatic carbocycles. The van der Waals surface area contributed by atoms with Gasteiger partial charge in [0, 0.05) is 9.50 Å². The molecule has 2 atom stereocenters. The van der Waals surface area contributed by atoms with Crippen LogP contribution in [-0.4, -0.2) is 27.5 Å². The van der Waals surface area contributed by atoms with Crippen LogP contribution in [0.4, 0.5) is 0 Å². The van der Waals surface area contributed by atoms with E-state index in [1.807, 2.05) is 61.5 Å². The smallest absolute Gasteiger partial charge is 0.245 e. The zero-order valence-electron chi connectivity index (χ0n) is 18.1. The van der Waals surface area contributed by atoms with Crippen molar-refractivity contribution in [3.8, 4) is 5.75 Å². The van der Waals surface area contributed by atoms with Crippen molar-refractivity contribution >= 4 is 43.5 Å². The van der Waals surface area contributed by atoms with Gasteiger partial charge in [0.25, 0.3) is 0 Å². The van der Waals surface area contributed by atoms with Crippen LogP contribution in [0, 0.1) is 0 Å². The van der Waals surface area contributed by atoms with Crippen molar-refractivity contribution in [1.29, 1.82) is 0 Å². The average molecular weight is 552 g/mol. The molecule has 0 aliphatic carbocycles. The predicted octanol–water partition coefficient (Wildman–Crippen LogP) is 4.88. The Hall–Kier alpha value is -2.39. The van der Waals surface area contributed by atoms with Gasteiger partial charge in [-0.25, -0.2) is 8.42 Å². The maximum absolute atomic E-state index is 13.2. The van der Waals surface area contributed by atoms with Gasteiger partial charge in [-0.3, -0.25) is 4.79 Å². The molecule has 0 saturated heterocycles. The lowest BCUT2D eigenvalue weighted by Gasteiger charge is -2.22. The number of carbonyl (C=O) groups excluding carboxylic acids is 1. The van der Waals surface area contributed by atoms with Crippen molar-refractivity contribution in [3.63, 3.8) is 0 Å². The number of hydrogen-bond acceptors (Lipinski definition) is 4.